The predicted octanol–water partition coefficient (Wildman–Crippen LogP) is 3.78. The van der Waals surface area contributed by atoms with Crippen LogP contribution in [0.2, 0.25) is 0 Å². The van der Waals surface area contributed by atoms with Gasteiger partial charge in [-0.1, -0.05) is 24.3 Å². The first-order chi connectivity index (χ1) is 10.1. The summed E-state index contributed by atoms with van der Waals surface area (Å²) in [4.78, 5) is 0. The standard InChI is InChI=1S/C8H12.2C2H3N.CHF3O3S.Rh/c1-2-4-6-8-7-5-3-1;2*1-2-3;2-1(3,4)8(5,6)7;/h1-2,7-8H,3-6H2;2*1H3;(H,5,6,7);/q;;;;+1/p-1/b2-1-,8-7-;;;;. The summed E-state index contributed by atoms with van der Waals surface area (Å²) in [7, 11) is -6.09. The second-order valence-corrected chi connectivity index (χ2v) is 4.82. The van der Waals surface area contributed by atoms with Crippen LogP contribution in [0.5, 0.6) is 0 Å². The molecule has 134 valence electrons. The first-order valence-corrected chi connectivity index (χ1v) is 7.43. The molecule has 5 nitrogen and oxygen atoms in total. The number of nitrogens with zero attached hydrogens (tertiary/aromatic N) is 2. The smallest absolute Gasteiger partial charge is 0.741 e. The van der Waals surface area contributed by atoms with Crippen molar-refractivity contribution in [2.24, 2.45) is 0 Å². The van der Waals surface area contributed by atoms with Gasteiger partial charge >= 0.3 is 25.0 Å². The average molecular weight is 442 g/mol. The largest absolute Gasteiger partial charge is 1.00 e. The fourth-order valence-electron chi connectivity index (χ4n) is 0.856. The fraction of sp³-hybridized carbons (Fsp3) is 0.538. The third kappa shape index (κ3) is 29.4. The van der Waals surface area contributed by atoms with Gasteiger partial charge in [0.2, 0.25) is 0 Å². The average Bonchev–Trinajstić information content (AvgIpc) is 2.27. The van der Waals surface area contributed by atoms with Crippen molar-refractivity contribution in [1.82, 2.24) is 0 Å². The Kier molecular flexibility index (Phi) is 24.4. The number of halogens is 3. The van der Waals surface area contributed by atoms with Gasteiger partial charge in [-0.25, -0.2) is 8.42 Å². The number of hydrogen-bond donors (Lipinski definition) is 0. The van der Waals surface area contributed by atoms with Crippen LogP contribution in [0.4, 0.5) is 13.2 Å². The van der Waals surface area contributed by atoms with E-state index in [4.69, 9.17) is 23.5 Å². The molecule has 0 aromatic carbocycles. The molecular weight excluding hydrogens is 424 g/mol. The maximum Gasteiger partial charge on any atom is 1.00 e. The predicted molar refractivity (Wildman–Crippen MR) is 75.1 cm³/mol. The Morgan fingerprint density at radius 3 is 1.13 bits per heavy atom. The van der Waals surface area contributed by atoms with Crippen LogP contribution < -0.4 is 0 Å². The molecule has 0 aromatic heterocycles. The normalized spacial score (nSPS) is 15.3. The Morgan fingerprint density at radius 1 is 0.913 bits per heavy atom. The first-order valence-electron chi connectivity index (χ1n) is 6.02. The Bertz CT molecular complexity index is 466. The van der Waals surface area contributed by atoms with E-state index in [1.807, 2.05) is 0 Å². The molecule has 1 aliphatic carbocycles. The topological polar surface area (TPSA) is 105 Å². The summed E-state index contributed by atoms with van der Waals surface area (Å²) >= 11 is 0. The molecule has 1 rings (SSSR count). The van der Waals surface area contributed by atoms with E-state index in [-0.39, 0.29) is 19.5 Å². The minimum absolute atomic E-state index is 0. The van der Waals surface area contributed by atoms with Gasteiger partial charge in [-0.2, -0.15) is 23.7 Å². The van der Waals surface area contributed by atoms with Crippen LogP contribution in [0.15, 0.2) is 24.3 Å². The number of allylic oxidation sites excluding steroid dienone is 4. The third-order valence-corrected chi connectivity index (χ3v) is 2.18. The molecule has 0 heterocycles. The van der Waals surface area contributed by atoms with Gasteiger partial charge < -0.3 is 4.55 Å². The van der Waals surface area contributed by atoms with Gasteiger partial charge in [0, 0.05) is 13.8 Å². The van der Waals surface area contributed by atoms with E-state index in [1.165, 1.54) is 39.5 Å². The summed E-state index contributed by atoms with van der Waals surface area (Å²) in [6, 6.07) is 3.50. The van der Waals surface area contributed by atoms with E-state index in [0.29, 0.717) is 0 Å². The molecule has 0 atom stereocenters. The molecule has 0 spiro atoms. The summed E-state index contributed by atoms with van der Waals surface area (Å²) in [5, 5.41) is 14.6. The van der Waals surface area contributed by atoms with E-state index in [0.717, 1.165) is 0 Å². The molecule has 0 aliphatic heterocycles. The van der Waals surface area contributed by atoms with Crippen molar-refractivity contribution < 1.29 is 45.6 Å². The number of hydrogen-bond acceptors (Lipinski definition) is 5. The minimum atomic E-state index is -6.09. The zero-order valence-electron chi connectivity index (χ0n) is 12.6. The molecule has 0 saturated carbocycles. The van der Waals surface area contributed by atoms with Crippen LogP contribution in [0.3, 0.4) is 0 Å². The van der Waals surface area contributed by atoms with E-state index < -0.39 is 15.6 Å². The molecule has 0 unspecified atom stereocenters. The number of alkyl halides is 3. The zero-order chi connectivity index (χ0) is 18.1. The van der Waals surface area contributed by atoms with Gasteiger partial charge in [0.1, 0.15) is 0 Å². The van der Waals surface area contributed by atoms with Crippen LogP contribution >= 0.6 is 0 Å². The van der Waals surface area contributed by atoms with Crippen molar-refractivity contribution in [3.8, 4) is 12.1 Å². The Labute approximate surface area is 148 Å². The molecule has 10 heteroatoms. The molecule has 1 aliphatic rings. The van der Waals surface area contributed by atoms with Gasteiger partial charge in [-0.15, -0.1) is 0 Å². The summed E-state index contributed by atoms with van der Waals surface area (Å²) < 4.78 is 58.9. The van der Waals surface area contributed by atoms with Crippen molar-refractivity contribution >= 4 is 10.1 Å². The van der Waals surface area contributed by atoms with Crippen molar-refractivity contribution in [1.29, 1.82) is 10.5 Å². The van der Waals surface area contributed by atoms with Crippen LogP contribution in [0.25, 0.3) is 0 Å². The molecule has 0 amide bonds. The van der Waals surface area contributed by atoms with Crippen LogP contribution in [-0.2, 0) is 29.6 Å². The maximum atomic E-state index is 10.7. The number of nitriles is 2. The molecular formula is C13H18F3N2O3RhS. The fourth-order valence-corrected chi connectivity index (χ4v) is 0.856. The third-order valence-electron chi connectivity index (χ3n) is 1.62. The summed E-state index contributed by atoms with van der Waals surface area (Å²) in [5.41, 5.74) is -5.65. The second kappa shape index (κ2) is 18.8. The van der Waals surface area contributed by atoms with Crippen molar-refractivity contribution in [3.05, 3.63) is 24.3 Å². The van der Waals surface area contributed by atoms with Crippen molar-refractivity contribution in [2.75, 3.05) is 0 Å². The Balaban J connectivity index is -0.000000114. The summed E-state index contributed by atoms with van der Waals surface area (Å²) in [6.07, 6.45) is 14.0. The summed E-state index contributed by atoms with van der Waals surface area (Å²) in [5.74, 6) is 0. The number of rotatable bonds is 0. The SMILES string of the molecule is C1=C\CC/C=C\CC/1.CC#N.CC#N.O=S(=O)([O-])C(F)(F)F.[Rh+]. The van der Waals surface area contributed by atoms with E-state index >= 15 is 0 Å². The van der Waals surface area contributed by atoms with Gasteiger partial charge in [-0.05, 0) is 25.7 Å². The van der Waals surface area contributed by atoms with E-state index in [2.05, 4.69) is 24.3 Å². The van der Waals surface area contributed by atoms with E-state index in [9.17, 15) is 13.2 Å². The van der Waals surface area contributed by atoms with Crippen LogP contribution in [0.1, 0.15) is 39.5 Å². The zero-order valence-corrected chi connectivity index (χ0v) is 15.1. The minimum Gasteiger partial charge on any atom is -0.741 e. The van der Waals surface area contributed by atoms with Crippen LogP contribution in [-0.4, -0.2) is 18.5 Å². The van der Waals surface area contributed by atoms with Gasteiger partial charge in [0.25, 0.3) is 0 Å². The second-order valence-electron chi connectivity index (χ2n) is 3.44. The summed E-state index contributed by atoms with van der Waals surface area (Å²) in [6.45, 7) is 2.86. The Morgan fingerprint density at radius 2 is 1.04 bits per heavy atom. The van der Waals surface area contributed by atoms with Crippen LogP contribution in [0, 0.1) is 22.7 Å². The molecule has 0 fully saturated rings. The Hall–Kier alpha value is -1.22. The van der Waals surface area contributed by atoms with E-state index in [1.54, 1.807) is 12.1 Å². The molecule has 0 radical (unpaired) electrons. The maximum absolute atomic E-state index is 10.7. The van der Waals surface area contributed by atoms with Gasteiger partial charge in [0.15, 0.2) is 10.1 Å². The van der Waals surface area contributed by atoms with Crippen molar-refractivity contribution in [2.45, 2.75) is 45.0 Å². The van der Waals surface area contributed by atoms with Crippen molar-refractivity contribution in [3.63, 3.8) is 0 Å². The van der Waals surface area contributed by atoms with Gasteiger partial charge in [-0.3, -0.25) is 0 Å². The molecule has 0 aromatic rings. The quantitative estimate of drug-likeness (QED) is 0.246. The molecule has 0 saturated heterocycles. The first kappa shape index (κ1) is 29.8. The molecule has 23 heavy (non-hydrogen) atoms. The molecule has 0 N–H and O–H groups in total. The monoisotopic (exact) mass is 442 g/mol. The van der Waals surface area contributed by atoms with Gasteiger partial charge in [0.05, 0.1) is 12.1 Å². The molecule has 0 bridgehead atoms.